The van der Waals surface area contributed by atoms with Crippen LogP contribution in [0.25, 0.3) is 0 Å². The van der Waals surface area contributed by atoms with E-state index in [0.29, 0.717) is 37.4 Å². The standard InChI is InChI=1S/C17H24ClFN2O7S2/c1-12-13(11-29(18,23)24)9-14(28-30(19,25)26)10-15(12)20-5-7-21(8-6-20)16(22)27-17(2,3)4/h9-10H,5-8,11H2,1-4H3. The summed E-state index contributed by atoms with van der Waals surface area (Å²) >= 11 is 0. The largest absolute Gasteiger partial charge is 0.488 e. The molecule has 0 aliphatic carbocycles. The molecule has 0 radical (unpaired) electrons. The van der Waals surface area contributed by atoms with E-state index < -0.39 is 37.0 Å². The number of nitrogens with zero attached hydrogens (tertiary/aromatic N) is 2. The number of ether oxygens (including phenoxy) is 1. The molecule has 1 aromatic rings. The molecule has 0 N–H and O–H groups in total. The molecule has 1 fully saturated rings. The van der Waals surface area contributed by atoms with E-state index in [9.17, 15) is 25.5 Å². The van der Waals surface area contributed by atoms with Crippen molar-refractivity contribution in [2.45, 2.75) is 39.0 Å². The van der Waals surface area contributed by atoms with Crippen LogP contribution in [0, 0.1) is 6.92 Å². The van der Waals surface area contributed by atoms with Gasteiger partial charge in [-0.05, 0) is 44.9 Å². The van der Waals surface area contributed by atoms with Gasteiger partial charge in [-0.15, -0.1) is 0 Å². The monoisotopic (exact) mass is 486 g/mol. The maximum Gasteiger partial charge on any atom is 0.488 e. The highest BCUT2D eigenvalue weighted by atomic mass is 35.7. The predicted octanol–water partition coefficient (Wildman–Crippen LogP) is 2.71. The maximum atomic E-state index is 13.0. The van der Waals surface area contributed by atoms with Crippen molar-refractivity contribution in [3.8, 4) is 5.75 Å². The SMILES string of the molecule is Cc1c(CS(=O)(=O)Cl)cc(OS(=O)(=O)F)cc1N1CCN(C(=O)OC(C)(C)C)CC1. The van der Waals surface area contributed by atoms with Crippen molar-refractivity contribution >= 4 is 42.0 Å². The lowest BCUT2D eigenvalue weighted by atomic mass is 10.1. The molecule has 2 rings (SSSR count). The molecule has 1 aliphatic rings. The van der Waals surface area contributed by atoms with Gasteiger partial charge in [-0.3, -0.25) is 0 Å². The molecule has 1 aliphatic heterocycles. The molecular weight excluding hydrogens is 463 g/mol. The van der Waals surface area contributed by atoms with Crippen LogP contribution in [0.5, 0.6) is 5.75 Å². The molecule has 0 aromatic heterocycles. The molecule has 0 unspecified atom stereocenters. The second kappa shape index (κ2) is 8.75. The molecule has 1 heterocycles. The zero-order valence-corrected chi connectivity index (χ0v) is 19.4. The summed E-state index contributed by atoms with van der Waals surface area (Å²) in [6.45, 7) is 8.30. The minimum Gasteiger partial charge on any atom is -0.444 e. The summed E-state index contributed by atoms with van der Waals surface area (Å²) in [7, 11) is -3.93. The number of benzene rings is 1. The molecule has 9 nitrogen and oxygen atoms in total. The Balaban J connectivity index is 2.29. The van der Waals surface area contributed by atoms with E-state index in [4.69, 9.17) is 15.4 Å². The van der Waals surface area contributed by atoms with E-state index >= 15 is 0 Å². The topological polar surface area (TPSA) is 110 Å². The summed E-state index contributed by atoms with van der Waals surface area (Å²) in [6, 6.07) is 2.42. The first-order valence-electron chi connectivity index (χ1n) is 8.97. The van der Waals surface area contributed by atoms with Crippen molar-refractivity contribution in [2.24, 2.45) is 0 Å². The zero-order chi connectivity index (χ0) is 22.9. The molecule has 0 spiro atoms. The first-order valence-corrected chi connectivity index (χ1v) is 12.8. The van der Waals surface area contributed by atoms with Crippen molar-refractivity contribution in [3.63, 3.8) is 0 Å². The Labute approximate surface area is 180 Å². The lowest BCUT2D eigenvalue weighted by molar-refractivity contribution is 0.0240. The van der Waals surface area contributed by atoms with Gasteiger partial charge in [0.1, 0.15) is 11.4 Å². The van der Waals surface area contributed by atoms with Crippen LogP contribution in [0.4, 0.5) is 14.4 Å². The van der Waals surface area contributed by atoms with Gasteiger partial charge in [0.15, 0.2) is 0 Å². The Morgan fingerprint density at radius 1 is 1.13 bits per heavy atom. The van der Waals surface area contributed by atoms with Gasteiger partial charge in [0.2, 0.25) is 9.05 Å². The Morgan fingerprint density at radius 2 is 1.70 bits per heavy atom. The molecule has 13 heteroatoms. The third-order valence-corrected chi connectivity index (χ3v) is 5.63. The van der Waals surface area contributed by atoms with Crippen molar-refractivity contribution in [1.29, 1.82) is 0 Å². The lowest BCUT2D eigenvalue weighted by Gasteiger charge is -2.37. The number of piperazine rings is 1. The number of halogens is 2. The minimum atomic E-state index is -5.31. The Kier molecular flexibility index (Phi) is 7.14. The zero-order valence-electron chi connectivity index (χ0n) is 17.0. The first kappa shape index (κ1) is 24.5. The second-order valence-corrected chi connectivity index (χ2v) is 11.6. The smallest absolute Gasteiger partial charge is 0.444 e. The van der Waals surface area contributed by atoms with Gasteiger partial charge in [0.25, 0.3) is 0 Å². The molecule has 30 heavy (non-hydrogen) atoms. The number of carbonyl (C=O) groups is 1. The molecule has 170 valence electrons. The van der Waals surface area contributed by atoms with Crippen LogP contribution in [-0.2, 0) is 30.0 Å². The van der Waals surface area contributed by atoms with Gasteiger partial charge in [-0.2, -0.15) is 8.42 Å². The van der Waals surface area contributed by atoms with E-state index in [-0.39, 0.29) is 11.3 Å². The molecule has 1 saturated heterocycles. The highest BCUT2D eigenvalue weighted by Crippen LogP contribution is 2.32. The van der Waals surface area contributed by atoms with Crippen LogP contribution in [-0.4, -0.2) is 59.6 Å². The number of hydrogen-bond donors (Lipinski definition) is 0. The van der Waals surface area contributed by atoms with E-state index in [1.165, 1.54) is 11.0 Å². The highest BCUT2D eigenvalue weighted by Gasteiger charge is 2.27. The van der Waals surface area contributed by atoms with Gasteiger partial charge in [0, 0.05) is 48.6 Å². The Morgan fingerprint density at radius 3 is 2.17 bits per heavy atom. The van der Waals surface area contributed by atoms with Crippen molar-refractivity contribution in [3.05, 3.63) is 23.3 Å². The van der Waals surface area contributed by atoms with E-state index in [0.717, 1.165) is 6.07 Å². The van der Waals surface area contributed by atoms with Gasteiger partial charge >= 0.3 is 16.6 Å². The maximum absolute atomic E-state index is 13.0. The number of carbonyl (C=O) groups excluding carboxylic acids is 1. The Hall–Kier alpha value is -1.79. The van der Waals surface area contributed by atoms with Gasteiger partial charge < -0.3 is 18.7 Å². The normalized spacial score (nSPS) is 15.8. The van der Waals surface area contributed by atoms with E-state index in [1.54, 1.807) is 27.7 Å². The predicted molar refractivity (Wildman–Crippen MR) is 110 cm³/mol. The summed E-state index contributed by atoms with van der Waals surface area (Å²) in [6.07, 6.45) is -0.451. The number of rotatable bonds is 5. The molecule has 0 bridgehead atoms. The van der Waals surface area contributed by atoms with Crippen LogP contribution in [0.3, 0.4) is 0 Å². The quantitative estimate of drug-likeness (QED) is 0.584. The van der Waals surface area contributed by atoms with Crippen molar-refractivity contribution in [2.75, 3.05) is 31.1 Å². The molecule has 0 atom stereocenters. The highest BCUT2D eigenvalue weighted by molar-refractivity contribution is 8.13. The third-order valence-electron chi connectivity index (χ3n) is 4.26. The fraction of sp³-hybridized carbons (Fsp3) is 0.588. The van der Waals surface area contributed by atoms with Crippen LogP contribution in [0.15, 0.2) is 12.1 Å². The number of amides is 1. The second-order valence-electron chi connectivity index (χ2n) is 7.84. The van der Waals surface area contributed by atoms with E-state index in [1.807, 2.05) is 4.90 Å². The van der Waals surface area contributed by atoms with Crippen molar-refractivity contribution in [1.82, 2.24) is 4.90 Å². The van der Waals surface area contributed by atoms with Gasteiger partial charge in [-0.1, -0.05) is 3.89 Å². The summed E-state index contributed by atoms with van der Waals surface area (Å²) in [5, 5.41) is 0. The number of hydrogen-bond acceptors (Lipinski definition) is 8. The molecule has 1 amide bonds. The molecule has 1 aromatic carbocycles. The van der Waals surface area contributed by atoms with Crippen LogP contribution in [0.1, 0.15) is 31.9 Å². The lowest BCUT2D eigenvalue weighted by Crippen LogP contribution is -2.50. The fourth-order valence-corrected chi connectivity index (χ4v) is 4.36. The molecular formula is C17H24ClFN2O7S2. The summed E-state index contributed by atoms with van der Waals surface area (Å²) < 4.78 is 67.5. The van der Waals surface area contributed by atoms with E-state index in [2.05, 4.69) is 4.18 Å². The summed E-state index contributed by atoms with van der Waals surface area (Å²) in [5.41, 5.74) is 0.524. The van der Waals surface area contributed by atoms with Crippen molar-refractivity contribution < 1.29 is 34.4 Å². The fourth-order valence-electron chi connectivity index (χ4n) is 3.01. The summed E-state index contributed by atoms with van der Waals surface area (Å²) in [4.78, 5) is 15.6. The van der Waals surface area contributed by atoms with Crippen LogP contribution < -0.4 is 9.08 Å². The average Bonchev–Trinajstić information content (AvgIpc) is 2.53. The minimum absolute atomic E-state index is 0.177. The molecule has 0 saturated carbocycles. The van der Waals surface area contributed by atoms with Crippen LogP contribution in [0.2, 0.25) is 0 Å². The van der Waals surface area contributed by atoms with Gasteiger partial charge in [0.05, 0.1) is 5.75 Å². The third kappa shape index (κ3) is 7.47. The Bertz CT molecular complexity index is 1020. The first-order chi connectivity index (χ1) is 13.5. The average molecular weight is 487 g/mol. The van der Waals surface area contributed by atoms with Crippen LogP contribution >= 0.6 is 10.7 Å². The summed E-state index contributed by atoms with van der Waals surface area (Å²) in [5.74, 6) is -0.961. The number of anilines is 1. The van der Waals surface area contributed by atoms with Gasteiger partial charge in [-0.25, -0.2) is 13.2 Å².